The smallest absolute Gasteiger partial charge is 0.328 e. The molecule has 1 fully saturated rings. The summed E-state index contributed by atoms with van der Waals surface area (Å²) in [6, 6.07) is 0.0372. The minimum absolute atomic E-state index is 0.0283. The van der Waals surface area contributed by atoms with Crippen molar-refractivity contribution in [2.24, 2.45) is 0 Å². The van der Waals surface area contributed by atoms with Crippen LogP contribution in [0.15, 0.2) is 12.2 Å². The van der Waals surface area contributed by atoms with Gasteiger partial charge in [-0.15, -0.1) is 0 Å². The molecule has 0 aromatic heterocycles. The average molecular weight is 270 g/mol. The third-order valence-corrected chi connectivity index (χ3v) is 2.82. The van der Waals surface area contributed by atoms with E-state index in [4.69, 9.17) is 9.84 Å². The number of nitrogens with one attached hydrogen (secondary N) is 1. The monoisotopic (exact) mass is 270 g/mol. The van der Waals surface area contributed by atoms with Crippen molar-refractivity contribution in [1.29, 1.82) is 0 Å². The molecule has 1 aliphatic rings. The van der Waals surface area contributed by atoms with Gasteiger partial charge in [0.25, 0.3) is 0 Å². The molecule has 0 radical (unpaired) electrons. The maximum Gasteiger partial charge on any atom is 0.328 e. The predicted molar refractivity (Wildman–Crippen MR) is 66.4 cm³/mol. The number of aliphatic carboxylic acids is 1. The summed E-state index contributed by atoms with van der Waals surface area (Å²) in [4.78, 5) is 34.8. The minimum atomic E-state index is -1.14. The molecule has 1 rings (SSSR count). The van der Waals surface area contributed by atoms with Gasteiger partial charge >= 0.3 is 5.97 Å². The van der Waals surface area contributed by atoms with Gasteiger partial charge in [-0.1, -0.05) is 0 Å². The lowest BCUT2D eigenvalue weighted by Crippen LogP contribution is -2.46. The number of methoxy groups -OCH3 is 1. The van der Waals surface area contributed by atoms with Crippen molar-refractivity contribution in [3.63, 3.8) is 0 Å². The molecule has 0 unspecified atom stereocenters. The molecule has 1 heterocycles. The number of nitrogens with zero attached hydrogens (tertiary/aromatic N) is 1. The Morgan fingerprint density at radius 2 is 1.95 bits per heavy atom. The van der Waals surface area contributed by atoms with Crippen LogP contribution in [0, 0.1) is 0 Å². The molecule has 2 N–H and O–H groups in total. The Kier molecular flexibility index (Phi) is 6.01. The number of carbonyl (C=O) groups is 3. The molecule has 7 heteroatoms. The summed E-state index contributed by atoms with van der Waals surface area (Å²) < 4.78 is 4.72. The van der Waals surface area contributed by atoms with Gasteiger partial charge in [-0.05, 0) is 12.8 Å². The van der Waals surface area contributed by atoms with Gasteiger partial charge in [-0.2, -0.15) is 0 Å². The molecular weight excluding hydrogens is 252 g/mol. The fraction of sp³-hybridized carbons (Fsp3) is 0.583. The molecule has 106 valence electrons. The summed E-state index contributed by atoms with van der Waals surface area (Å²) in [5, 5.41) is 11.3. The van der Waals surface area contributed by atoms with Crippen molar-refractivity contribution in [3.8, 4) is 0 Å². The van der Waals surface area contributed by atoms with E-state index in [9.17, 15) is 14.4 Å². The summed E-state index contributed by atoms with van der Waals surface area (Å²) in [5.41, 5.74) is 0. The van der Waals surface area contributed by atoms with Gasteiger partial charge in [0.05, 0.1) is 0 Å². The highest BCUT2D eigenvalue weighted by atomic mass is 16.5. The fourth-order valence-electron chi connectivity index (χ4n) is 1.89. The molecule has 0 bridgehead atoms. The molecule has 0 aromatic carbocycles. The molecule has 0 aromatic rings. The minimum Gasteiger partial charge on any atom is -0.478 e. The molecule has 0 spiro atoms. The van der Waals surface area contributed by atoms with Gasteiger partial charge < -0.3 is 20.1 Å². The number of carbonyl (C=O) groups excluding carboxylic acids is 2. The van der Waals surface area contributed by atoms with E-state index in [1.165, 1.54) is 7.11 Å². The Bertz CT molecular complexity index is 372. The molecule has 7 nitrogen and oxygen atoms in total. The lowest BCUT2D eigenvalue weighted by atomic mass is 10.0. The van der Waals surface area contributed by atoms with Crippen molar-refractivity contribution < 1.29 is 24.2 Å². The molecule has 2 amide bonds. The van der Waals surface area contributed by atoms with Crippen molar-refractivity contribution in [2.45, 2.75) is 18.9 Å². The third-order valence-electron chi connectivity index (χ3n) is 2.82. The van der Waals surface area contributed by atoms with Crippen LogP contribution in [0.25, 0.3) is 0 Å². The lowest BCUT2D eigenvalue weighted by molar-refractivity contribution is -0.132. The number of rotatable bonds is 5. The first-order chi connectivity index (χ1) is 9.02. The molecular formula is C12H18N2O5. The predicted octanol–water partition coefficient (Wildman–Crippen LogP) is -0.619. The van der Waals surface area contributed by atoms with E-state index in [1.54, 1.807) is 4.90 Å². The van der Waals surface area contributed by atoms with Crippen molar-refractivity contribution in [3.05, 3.63) is 12.2 Å². The van der Waals surface area contributed by atoms with Crippen LogP contribution >= 0.6 is 0 Å². The second kappa shape index (κ2) is 7.52. The first-order valence-corrected chi connectivity index (χ1v) is 6.01. The van der Waals surface area contributed by atoms with Crippen molar-refractivity contribution in [1.82, 2.24) is 10.2 Å². The van der Waals surface area contributed by atoms with Crippen LogP contribution in [0.3, 0.4) is 0 Å². The summed E-state index contributed by atoms with van der Waals surface area (Å²) in [7, 11) is 1.45. The zero-order valence-electron chi connectivity index (χ0n) is 10.8. The van der Waals surface area contributed by atoms with Crippen LogP contribution in [-0.4, -0.2) is 60.6 Å². The standard InChI is InChI=1S/C12H18N2O5/c1-19-8-10(15)13-9-4-6-14(7-5-9)11(16)2-3-12(17)18/h2-3,9H,4-8H2,1H3,(H,13,15)(H,17,18)/b3-2+. The molecule has 1 aliphatic heterocycles. The number of likely N-dealkylation sites (tertiary alicyclic amines) is 1. The second-order valence-corrected chi connectivity index (χ2v) is 4.27. The van der Waals surface area contributed by atoms with Crippen LogP contribution in [0.5, 0.6) is 0 Å². The van der Waals surface area contributed by atoms with Crippen LogP contribution in [-0.2, 0) is 19.1 Å². The van der Waals surface area contributed by atoms with E-state index in [1.807, 2.05) is 0 Å². The van der Waals surface area contributed by atoms with E-state index < -0.39 is 5.97 Å². The van der Waals surface area contributed by atoms with Gasteiger partial charge in [-0.3, -0.25) is 9.59 Å². The number of hydrogen-bond acceptors (Lipinski definition) is 4. The Balaban J connectivity index is 2.34. The number of hydrogen-bond donors (Lipinski definition) is 2. The Labute approximate surface area is 111 Å². The molecule has 0 atom stereocenters. The van der Waals surface area contributed by atoms with Crippen molar-refractivity contribution in [2.75, 3.05) is 26.8 Å². The third kappa shape index (κ3) is 5.52. The summed E-state index contributed by atoms with van der Waals surface area (Å²) >= 11 is 0. The van der Waals surface area contributed by atoms with Crippen LogP contribution in [0.2, 0.25) is 0 Å². The molecule has 19 heavy (non-hydrogen) atoms. The number of carboxylic acid groups (broad SMARTS) is 1. The first kappa shape index (κ1) is 15.2. The maximum absolute atomic E-state index is 11.6. The summed E-state index contributed by atoms with van der Waals surface area (Å²) in [5.74, 6) is -1.63. The molecule has 0 saturated carbocycles. The average Bonchev–Trinajstić information content (AvgIpc) is 2.37. The largest absolute Gasteiger partial charge is 0.478 e. The quantitative estimate of drug-likeness (QED) is 0.649. The summed E-state index contributed by atoms with van der Waals surface area (Å²) in [6.07, 6.45) is 3.19. The Hall–Kier alpha value is -1.89. The lowest BCUT2D eigenvalue weighted by Gasteiger charge is -2.31. The Morgan fingerprint density at radius 1 is 1.32 bits per heavy atom. The zero-order chi connectivity index (χ0) is 14.3. The summed E-state index contributed by atoms with van der Waals surface area (Å²) in [6.45, 7) is 1.03. The molecule has 0 aliphatic carbocycles. The van der Waals surface area contributed by atoms with Crippen LogP contribution in [0.1, 0.15) is 12.8 Å². The molecule has 1 saturated heterocycles. The van der Waals surface area contributed by atoms with Gasteiger partial charge in [0, 0.05) is 38.4 Å². The number of ether oxygens (including phenoxy) is 1. The second-order valence-electron chi connectivity index (χ2n) is 4.27. The topological polar surface area (TPSA) is 95.9 Å². The van der Waals surface area contributed by atoms with E-state index in [2.05, 4.69) is 5.32 Å². The maximum atomic E-state index is 11.6. The SMILES string of the molecule is COCC(=O)NC1CCN(C(=O)/C=C/C(=O)O)CC1. The highest BCUT2D eigenvalue weighted by molar-refractivity contribution is 5.93. The van der Waals surface area contributed by atoms with Crippen LogP contribution in [0.4, 0.5) is 0 Å². The van der Waals surface area contributed by atoms with Crippen LogP contribution < -0.4 is 5.32 Å². The van der Waals surface area contributed by atoms with E-state index in [0.29, 0.717) is 25.9 Å². The van der Waals surface area contributed by atoms with Gasteiger partial charge in [0.1, 0.15) is 6.61 Å². The van der Waals surface area contributed by atoms with E-state index in [0.717, 1.165) is 12.2 Å². The first-order valence-electron chi connectivity index (χ1n) is 6.01. The number of amides is 2. The normalized spacial score (nSPS) is 16.6. The van der Waals surface area contributed by atoms with Gasteiger partial charge in [0.15, 0.2) is 0 Å². The number of piperidine rings is 1. The zero-order valence-corrected chi connectivity index (χ0v) is 10.8. The highest BCUT2D eigenvalue weighted by Gasteiger charge is 2.22. The van der Waals surface area contributed by atoms with Crippen molar-refractivity contribution >= 4 is 17.8 Å². The fourth-order valence-corrected chi connectivity index (χ4v) is 1.89. The Morgan fingerprint density at radius 3 is 2.47 bits per heavy atom. The van der Waals surface area contributed by atoms with E-state index >= 15 is 0 Å². The van der Waals surface area contributed by atoms with E-state index in [-0.39, 0.29) is 24.5 Å². The van der Waals surface area contributed by atoms with Gasteiger partial charge in [0.2, 0.25) is 11.8 Å². The number of carboxylic acids is 1. The van der Waals surface area contributed by atoms with Gasteiger partial charge in [-0.25, -0.2) is 4.79 Å². The highest BCUT2D eigenvalue weighted by Crippen LogP contribution is 2.10.